The van der Waals surface area contributed by atoms with Crippen LogP contribution in [0.3, 0.4) is 0 Å². The first kappa shape index (κ1) is 78.4. The molecular formula is C57H103N5O20. The Morgan fingerprint density at radius 1 is 0.390 bits per heavy atom. The van der Waals surface area contributed by atoms with Gasteiger partial charge in [-0.15, -0.1) is 0 Å². The van der Waals surface area contributed by atoms with E-state index in [9.17, 15) is 68.1 Å². The van der Waals surface area contributed by atoms with Crippen LogP contribution in [-0.2, 0) is 71.7 Å². The van der Waals surface area contributed by atoms with Gasteiger partial charge in [0.1, 0.15) is 31.1 Å². The molecule has 0 heterocycles. The highest BCUT2D eigenvalue weighted by Gasteiger charge is 2.26. The van der Waals surface area contributed by atoms with Gasteiger partial charge in [0.15, 0.2) is 5.78 Å². The molecule has 0 aromatic rings. The molecule has 25 nitrogen and oxygen atoms in total. The minimum atomic E-state index is -1.38. The van der Waals surface area contributed by atoms with Crippen LogP contribution in [0, 0.1) is 11.8 Å². The van der Waals surface area contributed by atoms with Crippen LogP contribution < -0.4 is 26.6 Å². The predicted octanol–water partition coefficient (Wildman–Crippen LogP) is 4.85. The molecule has 0 unspecified atom stereocenters. The third-order valence-electron chi connectivity index (χ3n) is 13.3. The Labute approximate surface area is 485 Å². The number of carboxylic acids is 4. The van der Waals surface area contributed by atoms with Crippen molar-refractivity contribution < 1.29 is 99.0 Å². The van der Waals surface area contributed by atoms with Crippen LogP contribution in [0.25, 0.3) is 0 Å². The van der Waals surface area contributed by atoms with Gasteiger partial charge in [-0.05, 0) is 51.4 Å². The zero-order chi connectivity index (χ0) is 60.3. The zero-order valence-corrected chi connectivity index (χ0v) is 49.0. The van der Waals surface area contributed by atoms with Crippen LogP contribution in [0.1, 0.15) is 201 Å². The molecule has 0 aromatic carbocycles. The number of carbonyl (C=O) groups is 11. The quantitative estimate of drug-likeness (QED) is 0.0367. The monoisotopic (exact) mass is 1180 g/mol. The van der Waals surface area contributed by atoms with Crippen LogP contribution in [0.2, 0.25) is 0 Å². The average molecular weight is 1180 g/mol. The fraction of sp³-hybridized carbons (Fsp3) is 0.807. The standard InChI is InChI=1S/C57H99N5O19.H2O.H2/c1-3-21-43(48(64)4-2)22-19-20-31-58-49(65)29-26-47(57(76)77)62-52(68)28-25-44(55(72)73)40-45(63)41-80-38-36-79-35-33-60-53(69)42-81-39-37-78-34-32-59-50(66)30-27-46(56(74)75)61-51(67)23-17-15-13-11-9-7-5-6-8-10-12-14-16-18-24-54(70)71;;/h43-44,46-47H,3-42H2,1-2H3,(H,58,65)(H,59,66)(H,60,69)(H,61,67)(H,62,68)(H,70,71)(H,72,73)(H,74,75)(H,76,77);1H2;1H/t43-,44+,46-,47-;;/m0../s1. The molecule has 82 heavy (non-hydrogen) atoms. The van der Waals surface area contributed by atoms with E-state index in [1.54, 1.807) is 0 Å². The van der Waals surface area contributed by atoms with E-state index < -0.39 is 72.5 Å². The Kier molecular flexibility index (Phi) is 51.1. The Morgan fingerprint density at radius 3 is 1.28 bits per heavy atom. The van der Waals surface area contributed by atoms with Gasteiger partial charge in [0.05, 0.1) is 45.6 Å². The number of carbonyl (C=O) groups excluding carboxylic acids is 7. The first-order valence-electron chi connectivity index (χ1n) is 29.5. The highest BCUT2D eigenvalue weighted by atomic mass is 16.5. The number of ketones is 2. The van der Waals surface area contributed by atoms with E-state index in [0.29, 0.717) is 25.8 Å². The van der Waals surface area contributed by atoms with Gasteiger partial charge in [0.25, 0.3) is 0 Å². The summed E-state index contributed by atoms with van der Waals surface area (Å²) in [4.78, 5) is 132. The molecule has 476 valence electrons. The van der Waals surface area contributed by atoms with E-state index in [1.807, 2.05) is 13.8 Å². The fourth-order valence-corrected chi connectivity index (χ4v) is 8.62. The minimum Gasteiger partial charge on any atom is -0.481 e. The lowest BCUT2D eigenvalue weighted by Crippen LogP contribution is -2.42. The topological polar surface area (TPSA) is 397 Å². The third-order valence-corrected chi connectivity index (χ3v) is 13.3. The van der Waals surface area contributed by atoms with Gasteiger partial charge in [0.2, 0.25) is 29.5 Å². The lowest BCUT2D eigenvalue weighted by atomic mass is 9.91. The van der Waals surface area contributed by atoms with Crippen LogP contribution >= 0.6 is 0 Å². The lowest BCUT2D eigenvalue weighted by molar-refractivity contribution is -0.145. The van der Waals surface area contributed by atoms with E-state index in [1.165, 1.54) is 32.1 Å². The first-order valence-corrected chi connectivity index (χ1v) is 29.5. The average Bonchev–Trinajstić information content (AvgIpc) is 3.43. The predicted molar refractivity (Wildman–Crippen MR) is 305 cm³/mol. The number of amides is 5. The fourth-order valence-electron chi connectivity index (χ4n) is 8.62. The normalized spacial score (nSPS) is 12.4. The van der Waals surface area contributed by atoms with Crippen LogP contribution in [-0.4, -0.2) is 175 Å². The Hall–Kier alpha value is -5.63. The molecule has 5 amide bonds. The summed E-state index contributed by atoms with van der Waals surface area (Å²) < 4.78 is 21.3. The van der Waals surface area contributed by atoms with Crippen LogP contribution in [0.15, 0.2) is 0 Å². The molecule has 0 fully saturated rings. The van der Waals surface area contributed by atoms with E-state index in [0.717, 1.165) is 77.0 Å². The minimum absolute atomic E-state index is 0. The van der Waals surface area contributed by atoms with Gasteiger partial charge in [-0.2, -0.15) is 0 Å². The van der Waals surface area contributed by atoms with Crippen molar-refractivity contribution in [3.8, 4) is 0 Å². The van der Waals surface area contributed by atoms with Gasteiger partial charge in [-0.1, -0.05) is 104 Å². The zero-order valence-electron chi connectivity index (χ0n) is 49.0. The summed E-state index contributed by atoms with van der Waals surface area (Å²) in [7, 11) is 0. The molecule has 0 radical (unpaired) electrons. The second kappa shape index (κ2) is 53.4. The number of rotatable bonds is 58. The van der Waals surface area contributed by atoms with Gasteiger partial charge >= 0.3 is 23.9 Å². The molecule has 0 saturated heterocycles. The van der Waals surface area contributed by atoms with Crippen molar-refractivity contribution in [3.63, 3.8) is 0 Å². The summed E-state index contributed by atoms with van der Waals surface area (Å²) in [5.74, 6) is -8.37. The molecule has 0 aliphatic carbocycles. The van der Waals surface area contributed by atoms with Crippen LogP contribution in [0.5, 0.6) is 0 Å². The van der Waals surface area contributed by atoms with Gasteiger partial charge in [-0.25, -0.2) is 9.59 Å². The number of hydrogen-bond acceptors (Lipinski definition) is 15. The summed E-state index contributed by atoms with van der Waals surface area (Å²) in [6.07, 6.45) is 18.2. The van der Waals surface area contributed by atoms with Crippen molar-refractivity contribution in [1.82, 2.24) is 26.6 Å². The Balaban J connectivity index is -0.0000320. The Bertz CT molecular complexity index is 1830. The SMILES string of the molecule is CCC[C@@H](CCCCNC(=O)CC[C@H](NC(=O)CC[C@H](CC(=O)COCCOCCNC(=O)COCCOCCNC(=O)CC[C@H](NC(=O)CCCCCCCCCCCCCCCCC(=O)O)C(=O)O)C(=O)O)C(=O)O)C(=O)CC.O.[HH]. The van der Waals surface area contributed by atoms with Crippen molar-refractivity contribution >= 4 is 65.0 Å². The second-order valence-corrected chi connectivity index (χ2v) is 20.3. The van der Waals surface area contributed by atoms with Gasteiger partial charge in [0, 0.05) is 71.9 Å². The number of carboxylic acid groups (broad SMARTS) is 4. The van der Waals surface area contributed by atoms with E-state index in [4.69, 9.17) is 24.1 Å². The number of aliphatic carboxylic acids is 4. The molecular weight excluding hydrogens is 1070 g/mol. The third kappa shape index (κ3) is 48.0. The molecule has 0 aliphatic heterocycles. The highest BCUT2D eigenvalue weighted by Crippen LogP contribution is 2.18. The van der Waals surface area contributed by atoms with Crippen molar-refractivity contribution in [2.24, 2.45) is 11.8 Å². The van der Waals surface area contributed by atoms with Gasteiger partial charge < -0.3 is 71.4 Å². The molecule has 0 spiro atoms. The maximum atomic E-state index is 12.5. The molecule has 0 aromatic heterocycles. The van der Waals surface area contributed by atoms with Crippen molar-refractivity contribution in [2.75, 3.05) is 72.5 Å². The second-order valence-electron chi connectivity index (χ2n) is 20.3. The maximum absolute atomic E-state index is 12.5. The summed E-state index contributed by atoms with van der Waals surface area (Å²) in [6.45, 7) is 4.50. The summed E-state index contributed by atoms with van der Waals surface area (Å²) in [5, 5.41) is 50.2. The Morgan fingerprint density at radius 2 is 0.817 bits per heavy atom. The summed E-state index contributed by atoms with van der Waals surface area (Å²) in [6, 6.07) is -2.55. The molecule has 0 aliphatic rings. The molecule has 0 bridgehead atoms. The van der Waals surface area contributed by atoms with E-state index in [-0.39, 0.29) is 147 Å². The molecule has 4 atom stereocenters. The maximum Gasteiger partial charge on any atom is 0.326 e. The van der Waals surface area contributed by atoms with E-state index >= 15 is 0 Å². The van der Waals surface area contributed by atoms with Crippen molar-refractivity contribution in [1.29, 1.82) is 0 Å². The van der Waals surface area contributed by atoms with Gasteiger partial charge in [-0.3, -0.25) is 43.2 Å². The summed E-state index contributed by atoms with van der Waals surface area (Å²) in [5.41, 5.74) is 0. The largest absolute Gasteiger partial charge is 0.481 e. The highest BCUT2D eigenvalue weighted by molar-refractivity contribution is 5.87. The number of nitrogens with one attached hydrogen (secondary N) is 5. The molecule has 25 heteroatoms. The number of ether oxygens (including phenoxy) is 4. The number of unbranched alkanes of at least 4 members (excludes halogenated alkanes) is 14. The molecule has 11 N–H and O–H groups in total. The van der Waals surface area contributed by atoms with E-state index in [2.05, 4.69) is 26.6 Å². The smallest absolute Gasteiger partial charge is 0.326 e. The van der Waals surface area contributed by atoms with Crippen molar-refractivity contribution in [2.45, 2.75) is 212 Å². The first-order chi connectivity index (χ1) is 38.9. The summed E-state index contributed by atoms with van der Waals surface area (Å²) >= 11 is 0. The molecule has 0 rings (SSSR count). The van der Waals surface area contributed by atoms with Crippen LogP contribution in [0.4, 0.5) is 0 Å². The van der Waals surface area contributed by atoms with Crippen molar-refractivity contribution in [3.05, 3.63) is 0 Å². The number of hydrogen-bond donors (Lipinski definition) is 9. The lowest BCUT2D eigenvalue weighted by Gasteiger charge is -2.16. The molecule has 0 saturated carbocycles. The number of Topliss-reactive ketones (excluding diaryl/α,β-unsaturated/α-hetero) is 2.